The van der Waals surface area contributed by atoms with Gasteiger partial charge in [0.1, 0.15) is 6.61 Å². The van der Waals surface area contributed by atoms with Crippen molar-refractivity contribution in [1.82, 2.24) is 14.8 Å². The average molecular weight is 618 g/mol. The Labute approximate surface area is 271 Å². The first-order chi connectivity index (χ1) is 22.6. The van der Waals surface area contributed by atoms with Gasteiger partial charge in [-0.25, -0.2) is 0 Å². The van der Waals surface area contributed by atoms with Crippen molar-refractivity contribution in [2.75, 3.05) is 46.5 Å². The third-order valence-corrected chi connectivity index (χ3v) is 8.74. The molecule has 1 saturated heterocycles. The number of ether oxygens (including phenoxy) is 3. The van der Waals surface area contributed by atoms with Crippen molar-refractivity contribution in [3.8, 4) is 11.5 Å². The smallest absolute Gasteiger partial charge is 0.220 e. The van der Waals surface area contributed by atoms with Crippen molar-refractivity contribution in [2.45, 2.75) is 32.4 Å². The van der Waals surface area contributed by atoms with Crippen molar-refractivity contribution in [3.63, 3.8) is 0 Å². The fourth-order valence-corrected chi connectivity index (χ4v) is 6.17. The molecule has 1 N–H and O–H groups in total. The second kappa shape index (κ2) is 15.1. The Kier molecular flexibility index (Phi) is 10.3. The minimum atomic E-state index is -0.190. The molecule has 0 bridgehead atoms. The Morgan fingerprint density at radius 2 is 1.65 bits per heavy atom. The van der Waals surface area contributed by atoms with Gasteiger partial charge in [0.15, 0.2) is 11.5 Å². The van der Waals surface area contributed by atoms with E-state index in [2.05, 4.69) is 82.5 Å². The molecule has 1 amide bonds. The molecule has 2 heterocycles. The van der Waals surface area contributed by atoms with Gasteiger partial charge in [-0.1, -0.05) is 84.4 Å². The van der Waals surface area contributed by atoms with E-state index in [1.807, 2.05) is 42.5 Å². The third-order valence-electron chi connectivity index (χ3n) is 8.74. The lowest BCUT2D eigenvalue weighted by molar-refractivity contribution is -0.121. The molecule has 0 radical (unpaired) electrons. The quantitative estimate of drug-likeness (QED) is 0.162. The van der Waals surface area contributed by atoms with E-state index in [-0.39, 0.29) is 11.8 Å². The molecule has 238 valence electrons. The average Bonchev–Trinajstić information content (AvgIpc) is 3.46. The number of methoxy groups -OCH3 is 1. The van der Waals surface area contributed by atoms with Crippen LogP contribution in [0.1, 0.15) is 40.2 Å². The first kappa shape index (κ1) is 31.4. The molecule has 1 fully saturated rings. The van der Waals surface area contributed by atoms with Crippen LogP contribution in [0.3, 0.4) is 0 Å². The maximum absolute atomic E-state index is 13.6. The summed E-state index contributed by atoms with van der Waals surface area (Å²) in [6, 6.07) is 33.3. The zero-order chi connectivity index (χ0) is 31.7. The molecule has 1 aromatic heterocycles. The van der Waals surface area contributed by atoms with Gasteiger partial charge in [0.05, 0.1) is 20.3 Å². The Morgan fingerprint density at radius 3 is 2.43 bits per heavy atom. The second-order valence-corrected chi connectivity index (χ2v) is 12.0. The van der Waals surface area contributed by atoms with E-state index in [0.29, 0.717) is 31.1 Å². The van der Waals surface area contributed by atoms with Crippen LogP contribution in [-0.2, 0) is 22.7 Å². The highest BCUT2D eigenvalue weighted by atomic mass is 16.5. The lowest BCUT2D eigenvalue weighted by Gasteiger charge is -2.26. The number of hydrogen-bond acceptors (Lipinski definition) is 5. The van der Waals surface area contributed by atoms with Gasteiger partial charge in [0.2, 0.25) is 5.91 Å². The Bertz CT molecular complexity index is 1730. The van der Waals surface area contributed by atoms with E-state index in [1.54, 1.807) is 7.11 Å². The lowest BCUT2D eigenvalue weighted by atomic mass is 9.87. The van der Waals surface area contributed by atoms with E-state index >= 15 is 0 Å². The van der Waals surface area contributed by atoms with Crippen molar-refractivity contribution in [2.24, 2.45) is 0 Å². The van der Waals surface area contributed by atoms with Crippen LogP contribution in [0, 0.1) is 6.92 Å². The van der Waals surface area contributed by atoms with Gasteiger partial charge >= 0.3 is 0 Å². The van der Waals surface area contributed by atoms with Gasteiger partial charge < -0.3 is 24.1 Å². The molecule has 5 aromatic rings. The van der Waals surface area contributed by atoms with Crippen LogP contribution in [0.4, 0.5) is 0 Å². The molecule has 1 atom stereocenters. The number of para-hydroxylation sites is 1. The molecule has 1 aliphatic rings. The number of benzene rings is 4. The number of fused-ring (bicyclic) bond motifs is 1. The summed E-state index contributed by atoms with van der Waals surface area (Å²) in [6.45, 7) is 8.01. The number of aromatic nitrogens is 1. The number of morpholine rings is 1. The summed E-state index contributed by atoms with van der Waals surface area (Å²) in [5, 5.41) is 4.34. The number of nitrogens with zero attached hydrogens (tertiary/aromatic N) is 2. The number of carbonyl (C=O) groups excluding carboxylic acids is 1. The Balaban J connectivity index is 1.30. The summed E-state index contributed by atoms with van der Waals surface area (Å²) in [5.41, 5.74) is 6.83. The lowest BCUT2D eigenvalue weighted by Crippen LogP contribution is -2.41. The number of amides is 1. The fraction of sp³-hybridized carbons (Fsp3) is 0.308. The van der Waals surface area contributed by atoms with Crippen molar-refractivity contribution < 1.29 is 19.0 Å². The van der Waals surface area contributed by atoms with Gasteiger partial charge in [-0.15, -0.1) is 0 Å². The maximum Gasteiger partial charge on any atom is 0.220 e. The molecule has 7 heteroatoms. The van der Waals surface area contributed by atoms with Crippen LogP contribution < -0.4 is 14.8 Å². The molecule has 6 rings (SSSR count). The molecule has 0 spiro atoms. The predicted molar refractivity (Wildman–Crippen MR) is 183 cm³/mol. The number of hydrogen-bond donors (Lipinski definition) is 1. The van der Waals surface area contributed by atoms with Crippen molar-refractivity contribution >= 4 is 16.8 Å². The first-order valence-corrected chi connectivity index (χ1v) is 16.1. The van der Waals surface area contributed by atoms with Crippen molar-refractivity contribution in [3.05, 3.63) is 131 Å². The normalized spacial score (nSPS) is 14.2. The molecule has 4 aromatic carbocycles. The summed E-state index contributed by atoms with van der Waals surface area (Å²) in [6.07, 6.45) is 2.54. The highest BCUT2D eigenvalue weighted by Crippen LogP contribution is 2.39. The zero-order valence-electron chi connectivity index (χ0n) is 26.8. The van der Waals surface area contributed by atoms with Crippen LogP contribution in [0.5, 0.6) is 11.5 Å². The highest BCUT2D eigenvalue weighted by molar-refractivity contribution is 5.87. The fourth-order valence-electron chi connectivity index (χ4n) is 6.17. The second-order valence-electron chi connectivity index (χ2n) is 12.0. The summed E-state index contributed by atoms with van der Waals surface area (Å²) < 4.78 is 19.8. The molecule has 1 aliphatic heterocycles. The largest absolute Gasteiger partial charge is 0.493 e. The Hall–Kier alpha value is -4.59. The standard InChI is InChI=1S/C39H43N3O4/c1-29-12-14-30(15-13-29)26-42-27-35(33-10-6-7-11-36(33)42)34(25-39(43)40-18-19-41-20-22-45-23-21-41)32-16-17-37(38(24-32)44-2)46-28-31-8-4-3-5-9-31/h3-17,24,27,34H,18-23,25-26,28H2,1-2H3,(H,40,43)/t34-/m0/s1. The van der Waals surface area contributed by atoms with Crippen LogP contribution in [-0.4, -0.2) is 61.9 Å². The van der Waals surface area contributed by atoms with Gasteiger partial charge in [-0.2, -0.15) is 0 Å². The summed E-state index contributed by atoms with van der Waals surface area (Å²) in [7, 11) is 1.66. The van der Waals surface area contributed by atoms with E-state index in [0.717, 1.165) is 67.0 Å². The van der Waals surface area contributed by atoms with E-state index in [4.69, 9.17) is 14.2 Å². The van der Waals surface area contributed by atoms with E-state index < -0.39 is 0 Å². The molecular weight excluding hydrogens is 574 g/mol. The number of carbonyl (C=O) groups is 1. The zero-order valence-corrected chi connectivity index (χ0v) is 26.8. The SMILES string of the molecule is COc1cc([C@H](CC(=O)NCCN2CCOCC2)c2cn(Cc3ccc(C)cc3)c3ccccc23)ccc1OCc1ccccc1. The summed E-state index contributed by atoms with van der Waals surface area (Å²) in [4.78, 5) is 15.9. The van der Waals surface area contributed by atoms with Gasteiger partial charge in [-0.3, -0.25) is 9.69 Å². The number of aryl methyl sites for hydroxylation is 1. The third kappa shape index (κ3) is 7.79. The molecule has 46 heavy (non-hydrogen) atoms. The minimum absolute atomic E-state index is 0.0250. The monoisotopic (exact) mass is 617 g/mol. The van der Waals surface area contributed by atoms with Gasteiger partial charge in [-0.05, 0) is 47.4 Å². The van der Waals surface area contributed by atoms with E-state index in [9.17, 15) is 4.79 Å². The number of nitrogens with one attached hydrogen (secondary N) is 1. The van der Waals surface area contributed by atoms with Gasteiger partial charge in [0.25, 0.3) is 0 Å². The van der Waals surface area contributed by atoms with Crippen LogP contribution >= 0.6 is 0 Å². The summed E-state index contributed by atoms with van der Waals surface area (Å²) >= 11 is 0. The first-order valence-electron chi connectivity index (χ1n) is 16.1. The highest BCUT2D eigenvalue weighted by Gasteiger charge is 2.24. The van der Waals surface area contributed by atoms with Crippen molar-refractivity contribution in [1.29, 1.82) is 0 Å². The van der Waals surface area contributed by atoms with E-state index in [1.165, 1.54) is 11.1 Å². The molecule has 7 nitrogen and oxygen atoms in total. The summed E-state index contributed by atoms with van der Waals surface area (Å²) in [5.74, 6) is 1.15. The molecular formula is C39H43N3O4. The minimum Gasteiger partial charge on any atom is -0.493 e. The number of rotatable bonds is 13. The molecule has 0 unspecified atom stereocenters. The molecule has 0 saturated carbocycles. The maximum atomic E-state index is 13.6. The van der Waals surface area contributed by atoms with Crippen LogP contribution in [0.15, 0.2) is 103 Å². The van der Waals surface area contributed by atoms with Gasteiger partial charge in [0, 0.05) is 62.2 Å². The van der Waals surface area contributed by atoms with Crippen LogP contribution in [0.25, 0.3) is 10.9 Å². The Morgan fingerprint density at radius 1 is 0.891 bits per heavy atom. The topological polar surface area (TPSA) is 65.0 Å². The van der Waals surface area contributed by atoms with Crippen LogP contribution in [0.2, 0.25) is 0 Å². The molecule has 0 aliphatic carbocycles. The predicted octanol–water partition coefficient (Wildman–Crippen LogP) is 6.56.